The maximum Gasteiger partial charge on any atom is 0.305 e. The van der Waals surface area contributed by atoms with Gasteiger partial charge in [0.2, 0.25) is 0 Å². The van der Waals surface area contributed by atoms with Gasteiger partial charge in [-0.25, -0.2) is 10.0 Å². The van der Waals surface area contributed by atoms with Gasteiger partial charge < -0.3 is 9.84 Å². The van der Waals surface area contributed by atoms with E-state index in [-0.39, 0.29) is 10.3 Å². The number of anilines is 1. The molecule has 0 aliphatic carbocycles. The molecule has 146 valence electrons. The molecule has 1 unspecified atom stereocenters. The summed E-state index contributed by atoms with van der Waals surface area (Å²) in [4.78, 5) is 9.09. The van der Waals surface area contributed by atoms with Crippen LogP contribution in [0.15, 0.2) is 82.1 Å². The monoisotopic (exact) mass is 389 g/mol. The highest BCUT2D eigenvalue weighted by atomic mass is 16.5. The van der Waals surface area contributed by atoms with Gasteiger partial charge in [-0.3, -0.25) is 4.99 Å². The third-order valence-corrected chi connectivity index (χ3v) is 5.05. The maximum absolute atomic E-state index is 10.0. The first-order valence-corrected chi connectivity index (χ1v) is 9.53. The van der Waals surface area contributed by atoms with E-state index in [0.717, 1.165) is 24.5 Å². The number of phenols is 1. The van der Waals surface area contributed by atoms with Crippen molar-refractivity contribution >= 4 is 29.4 Å². The third kappa shape index (κ3) is 3.13. The summed E-state index contributed by atoms with van der Waals surface area (Å²) in [6.07, 6.45) is 5.28. The number of ether oxygens (including phenoxy) is 1. The van der Waals surface area contributed by atoms with E-state index in [1.54, 1.807) is 30.6 Å². The Balaban J connectivity index is 1.63. The minimum atomic E-state index is 0.0287. The Morgan fingerprint density at radius 3 is 2.66 bits per heavy atom. The molecule has 1 N–H and O–H groups in total. The first-order valence-electron chi connectivity index (χ1n) is 9.53. The standard InChI is InChI=1S/C21H20N6O2/c28-19-8-4-7-18(15-19)27-12-9-22-16-20(27)23-21(24-27)26(17-5-2-1-3-6-17)25-10-13-29-14-11-25/h1-9,12,15-16H,10-11,13-14H2/p+1. The average molecular weight is 389 g/mol. The zero-order chi connectivity index (χ0) is 19.7. The van der Waals surface area contributed by atoms with Crippen molar-refractivity contribution in [1.82, 2.24) is 9.60 Å². The number of hydrogen-bond acceptors (Lipinski definition) is 7. The zero-order valence-corrected chi connectivity index (χ0v) is 15.8. The fourth-order valence-corrected chi connectivity index (χ4v) is 3.66. The molecular formula is C21H21N6O2+. The Morgan fingerprint density at radius 2 is 1.86 bits per heavy atom. The van der Waals surface area contributed by atoms with Gasteiger partial charge in [-0.05, 0) is 23.3 Å². The largest absolute Gasteiger partial charge is 0.508 e. The first-order chi connectivity index (χ1) is 14.3. The van der Waals surface area contributed by atoms with Crippen LogP contribution in [-0.4, -0.2) is 54.4 Å². The maximum atomic E-state index is 10.0. The van der Waals surface area contributed by atoms with Crippen molar-refractivity contribution in [2.75, 3.05) is 31.3 Å². The Kier molecular flexibility index (Phi) is 4.44. The second-order valence-corrected chi connectivity index (χ2v) is 6.87. The number of benzene rings is 2. The van der Waals surface area contributed by atoms with Crippen LogP contribution in [0.4, 0.5) is 11.4 Å². The van der Waals surface area contributed by atoms with Gasteiger partial charge in [-0.15, -0.1) is 4.99 Å². The van der Waals surface area contributed by atoms with E-state index in [4.69, 9.17) is 14.8 Å². The minimum absolute atomic E-state index is 0.0287. The summed E-state index contributed by atoms with van der Waals surface area (Å²) in [5, 5.41) is 19.3. The van der Waals surface area contributed by atoms with Crippen LogP contribution in [-0.2, 0) is 4.74 Å². The number of fused-ring (bicyclic) bond motifs is 1. The molecule has 0 bridgehead atoms. The molecule has 2 aromatic rings. The Hall–Kier alpha value is -3.33. The van der Waals surface area contributed by atoms with Crippen molar-refractivity contribution in [2.24, 2.45) is 15.1 Å². The molecule has 0 aromatic heterocycles. The zero-order valence-electron chi connectivity index (χ0n) is 15.8. The number of rotatable bonds is 3. The lowest BCUT2D eigenvalue weighted by molar-refractivity contribution is 0.0392. The average Bonchev–Trinajstić information content (AvgIpc) is 3.16. The number of amidine groups is 1. The SMILES string of the molecule is Oc1cccc([N+]23C=CN=CC2=NC(N(c2ccccc2)N2CCOCC2)=N3)c1. The van der Waals surface area contributed by atoms with Crippen molar-refractivity contribution in [3.63, 3.8) is 0 Å². The molecule has 8 heteroatoms. The van der Waals surface area contributed by atoms with Gasteiger partial charge in [0, 0.05) is 25.2 Å². The highest BCUT2D eigenvalue weighted by Crippen LogP contribution is 2.34. The van der Waals surface area contributed by atoms with Crippen LogP contribution in [0.2, 0.25) is 0 Å². The highest BCUT2D eigenvalue weighted by Gasteiger charge is 2.45. The molecule has 0 radical (unpaired) electrons. The first kappa shape index (κ1) is 17.7. The minimum Gasteiger partial charge on any atom is -0.508 e. The number of aliphatic imine (C=N–C) groups is 2. The summed E-state index contributed by atoms with van der Waals surface area (Å²) in [6, 6.07) is 17.1. The lowest BCUT2D eigenvalue weighted by atomic mass is 10.2. The summed E-state index contributed by atoms with van der Waals surface area (Å²) >= 11 is 0. The van der Waals surface area contributed by atoms with Crippen LogP contribution >= 0.6 is 0 Å². The van der Waals surface area contributed by atoms with Crippen molar-refractivity contribution in [1.29, 1.82) is 0 Å². The van der Waals surface area contributed by atoms with E-state index < -0.39 is 0 Å². The van der Waals surface area contributed by atoms with Crippen LogP contribution < -0.4 is 9.60 Å². The van der Waals surface area contributed by atoms with Crippen LogP contribution in [0.5, 0.6) is 5.75 Å². The molecule has 2 aromatic carbocycles. The second kappa shape index (κ2) is 7.25. The second-order valence-electron chi connectivity index (χ2n) is 6.87. The predicted molar refractivity (Wildman–Crippen MR) is 114 cm³/mol. The number of aromatic hydroxyl groups is 1. The van der Waals surface area contributed by atoms with E-state index in [0.29, 0.717) is 25.0 Å². The molecule has 5 rings (SSSR count). The lowest BCUT2D eigenvalue weighted by Crippen LogP contribution is -2.51. The number of hydrazine groups is 1. The van der Waals surface area contributed by atoms with Crippen molar-refractivity contribution in [3.05, 3.63) is 67.0 Å². The molecule has 0 saturated carbocycles. The quantitative estimate of drug-likeness (QED) is 0.820. The van der Waals surface area contributed by atoms with E-state index in [1.807, 2.05) is 47.6 Å². The Morgan fingerprint density at radius 1 is 1.03 bits per heavy atom. The predicted octanol–water partition coefficient (Wildman–Crippen LogP) is 2.69. The van der Waals surface area contributed by atoms with Gasteiger partial charge in [0.1, 0.15) is 12.0 Å². The summed E-state index contributed by atoms with van der Waals surface area (Å²) in [6.45, 7) is 2.80. The van der Waals surface area contributed by atoms with E-state index in [1.165, 1.54) is 0 Å². The normalized spacial score (nSPS) is 23.4. The molecule has 0 spiro atoms. The molecule has 1 fully saturated rings. The molecule has 0 amide bonds. The Labute approximate surface area is 168 Å². The van der Waals surface area contributed by atoms with Crippen molar-refractivity contribution in [3.8, 4) is 5.75 Å². The molecule has 1 atom stereocenters. The molecule has 3 aliphatic heterocycles. The third-order valence-electron chi connectivity index (χ3n) is 5.05. The molecule has 1 saturated heterocycles. The lowest BCUT2D eigenvalue weighted by Gasteiger charge is -2.36. The van der Waals surface area contributed by atoms with E-state index >= 15 is 0 Å². The molecule has 3 heterocycles. The van der Waals surface area contributed by atoms with E-state index in [9.17, 15) is 5.11 Å². The number of nitrogens with zero attached hydrogens (tertiary/aromatic N) is 6. The molecule has 29 heavy (non-hydrogen) atoms. The number of morpholine rings is 1. The fourth-order valence-electron chi connectivity index (χ4n) is 3.66. The fraction of sp³-hybridized carbons (Fsp3) is 0.190. The van der Waals surface area contributed by atoms with Crippen molar-refractivity contribution in [2.45, 2.75) is 0 Å². The van der Waals surface area contributed by atoms with Crippen LogP contribution in [0.1, 0.15) is 0 Å². The smallest absolute Gasteiger partial charge is 0.305 e. The number of quaternary nitrogens is 1. The van der Waals surface area contributed by atoms with Gasteiger partial charge in [-0.1, -0.05) is 28.9 Å². The van der Waals surface area contributed by atoms with E-state index in [2.05, 4.69) is 10.0 Å². The van der Waals surface area contributed by atoms with Gasteiger partial charge >= 0.3 is 5.96 Å². The number of phenolic OH excluding ortho intramolecular Hbond substituents is 1. The van der Waals surface area contributed by atoms with Crippen LogP contribution in [0, 0.1) is 0 Å². The molecule has 8 nitrogen and oxygen atoms in total. The highest BCUT2D eigenvalue weighted by molar-refractivity contribution is 6.38. The van der Waals surface area contributed by atoms with Crippen LogP contribution in [0.25, 0.3) is 0 Å². The van der Waals surface area contributed by atoms with Gasteiger partial charge in [0.25, 0.3) is 5.84 Å². The number of para-hydroxylation sites is 1. The molecule has 3 aliphatic rings. The van der Waals surface area contributed by atoms with Gasteiger partial charge in [0.05, 0.1) is 25.1 Å². The summed E-state index contributed by atoms with van der Waals surface area (Å²) in [5.74, 6) is 1.42. The summed E-state index contributed by atoms with van der Waals surface area (Å²) in [7, 11) is 0. The van der Waals surface area contributed by atoms with Crippen molar-refractivity contribution < 1.29 is 9.84 Å². The Bertz CT molecular complexity index is 1030. The molecular weight excluding hydrogens is 368 g/mol. The van der Waals surface area contributed by atoms with Crippen LogP contribution in [0.3, 0.4) is 0 Å². The summed E-state index contributed by atoms with van der Waals surface area (Å²) < 4.78 is 5.57. The topological polar surface area (TPSA) is 73.0 Å². The number of guanidine groups is 1. The van der Waals surface area contributed by atoms with Gasteiger partial charge in [-0.2, -0.15) is 0 Å². The number of hydrogen-bond donors (Lipinski definition) is 1. The summed E-state index contributed by atoms with van der Waals surface area (Å²) in [5.41, 5.74) is 1.77. The van der Waals surface area contributed by atoms with Gasteiger partial charge in [0.15, 0.2) is 11.9 Å².